The van der Waals surface area contributed by atoms with Gasteiger partial charge in [-0.2, -0.15) is 0 Å². The maximum atomic E-state index is 14.4. The highest BCUT2D eigenvalue weighted by atomic mass is 32.1. The fraction of sp³-hybridized carbons (Fsp3) is 0.686. The first-order valence-electron chi connectivity index (χ1n) is 16.4. The van der Waals surface area contributed by atoms with E-state index in [2.05, 4.69) is 68.7 Å². The maximum absolute atomic E-state index is 14.4. The van der Waals surface area contributed by atoms with Crippen LogP contribution >= 0.6 is 11.3 Å². The van der Waals surface area contributed by atoms with Crippen LogP contribution in [0.25, 0.3) is 6.08 Å². The lowest BCUT2D eigenvalue weighted by atomic mass is 9.73. The van der Waals surface area contributed by atoms with E-state index >= 15 is 0 Å². The first-order chi connectivity index (χ1) is 20.7. The number of Topliss-reactive ketones (excluding diaryl/α,β-unsaturated/α-hetero) is 1. The molecule has 1 N–H and O–H groups in total. The van der Waals surface area contributed by atoms with Gasteiger partial charge in [0.2, 0.25) is 5.91 Å². The Balaban J connectivity index is 2.62. The molecule has 10 heteroatoms. The van der Waals surface area contributed by atoms with E-state index in [1.165, 1.54) is 0 Å². The molecule has 1 aromatic heterocycles. The normalized spacial score (nSPS) is 28.1. The first kappa shape index (κ1) is 39.3. The number of allylic oxidation sites excluding steroid dienone is 2. The second kappa shape index (κ2) is 16.8. The van der Waals surface area contributed by atoms with Crippen molar-refractivity contribution in [1.29, 1.82) is 0 Å². The number of methoxy groups -OCH3 is 1. The summed E-state index contributed by atoms with van der Waals surface area (Å²) in [5, 5.41) is 6.34. The number of rotatable bonds is 8. The number of hydrogen-bond acceptors (Lipinski definition) is 7. The molecule has 1 amide bonds. The quantitative estimate of drug-likeness (QED) is 0.219. The van der Waals surface area contributed by atoms with E-state index in [0.717, 1.165) is 41.1 Å². The molecule has 7 nitrogen and oxygen atoms in total. The molecule has 0 spiro atoms. The van der Waals surface area contributed by atoms with Gasteiger partial charge in [0, 0.05) is 16.7 Å². The highest BCUT2D eigenvalue weighted by Gasteiger charge is 2.46. The Morgan fingerprint density at radius 3 is 2.29 bits per heavy atom. The van der Waals surface area contributed by atoms with Crippen molar-refractivity contribution in [2.24, 2.45) is 17.3 Å². The highest BCUT2D eigenvalue weighted by Crippen LogP contribution is 2.37. The molecule has 45 heavy (non-hydrogen) atoms. The largest absolute Gasteiger partial charge is 0.504 e. The molecule has 0 fully saturated rings. The van der Waals surface area contributed by atoms with Crippen molar-refractivity contribution in [2.45, 2.75) is 131 Å². The SMILES string of the molecule is COC=C/C1=C/C[C@@H](/C(C)=C/c2csc(C)n2)NC(=O)CC(O[Si](C)(C)C)C(C)(C)C(=O)C(C)C(O[Si](C)(C)C)C(C)CCC1. The van der Waals surface area contributed by atoms with E-state index in [4.69, 9.17) is 13.6 Å². The van der Waals surface area contributed by atoms with Crippen LogP contribution in [0.5, 0.6) is 0 Å². The van der Waals surface area contributed by atoms with Gasteiger partial charge in [0.25, 0.3) is 0 Å². The molecular formula is C35H60N2O5SSi2. The molecular weight excluding hydrogens is 617 g/mol. The van der Waals surface area contributed by atoms with Crippen molar-refractivity contribution in [3.8, 4) is 0 Å². The fourth-order valence-corrected chi connectivity index (χ4v) is 8.97. The Kier molecular flexibility index (Phi) is 14.7. The Bertz CT molecular complexity index is 1230. The molecule has 2 heterocycles. The average molecular weight is 677 g/mol. The summed E-state index contributed by atoms with van der Waals surface area (Å²) in [5.74, 6) is -0.188. The molecule has 0 aromatic carbocycles. The average Bonchev–Trinajstić information content (AvgIpc) is 3.32. The van der Waals surface area contributed by atoms with Crippen LogP contribution in [0.3, 0.4) is 0 Å². The molecule has 4 unspecified atom stereocenters. The van der Waals surface area contributed by atoms with Crippen LogP contribution in [0.1, 0.15) is 77.4 Å². The summed E-state index contributed by atoms with van der Waals surface area (Å²) in [6.45, 7) is 25.0. The van der Waals surface area contributed by atoms with Crippen LogP contribution in [-0.2, 0) is 23.2 Å². The van der Waals surface area contributed by atoms with Crippen molar-refractivity contribution in [3.05, 3.63) is 45.6 Å². The number of ether oxygens (including phenoxy) is 1. The Morgan fingerprint density at radius 2 is 1.73 bits per heavy atom. The molecule has 1 aromatic rings. The van der Waals surface area contributed by atoms with Gasteiger partial charge in [-0.15, -0.1) is 11.3 Å². The zero-order valence-corrected chi connectivity index (χ0v) is 33.0. The summed E-state index contributed by atoms with van der Waals surface area (Å²) in [6.07, 6.45) is 10.7. The van der Waals surface area contributed by atoms with E-state index in [9.17, 15) is 9.59 Å². The lowest BCUT2D eigenvalue weighted by Crippen LogP contribution is -2.52. The molecule has 0 bridgehead atoms. The fourth-order valence-electron chi connectivity index (χ4n) is 5.92. The smallest absolute Gasteiger partial charge is 0.223 e. The summed E-state index contributed by atoms with van der Waals surface area (Å²) in [4.78, 5) is 32.9. The van der Waals surface area contributed by atoms with Crippen LogP contribution in [-0.4, -0.2) is 58.7 Å². The van der Waals surface area contributed by atoms with Crippen LogP contribution in [0.2, 0.25) is 39.3 Å². The number of nitrogens with zero attached hydrogens (tertiary/aromatic N) is 1. The number of nitrogens with one attached hydrogen (secondary N) is 1. The summed E-state index contributed by atoms with van der Waals surface area (Å²) in [7, 11) is -2.43. The molecule has 2 rings (SSSR count). The third kappa shape index (κ3) is 13.0. The lowest BCUT2D eigenvalue weighted by Gasteiger charge is -2.42. The minimum atomic E-state index is -2.12. The lowest BCUT2D eigenvalue weighted by molar-refractivity contribution is -0.141. The number of amides is 1. The van der Waals surface area contributed by atoms with E-state index < -0.39 is 28.2 Å². The topological polar surface area (TPSA) is 86.8 Å². The van der Waals surface area contributed by atoms with Crippen LogP contribution in [0.15, 0.2) is 34.9 Å². The van der Waals surface area contributed by atoms with E-state index in [-0.39, 0.29) is 42.1 Å². The van der Waals surface area contributed by atoms with Crippen LogP contribution < -0.4 is 5.32 Å². The number of carbonyl (C=O) groups is 2. The van der Waals surface area contributed by atoms with Gasteiger partial charge in [0.15, 0.2) is 16.6 Å². The number of thiazole rings is 1. The molecule has 254 valence electrons. The second-order valence-electron chi connectivity index (χ2n) is 15.2. The molecule has 0 saturated heterocycles. The molecule has 1 aliphatic heterocycles. The summed E-state index contributed by atoms with van der Waals surface area (Å²) in [5.41, 5.74) is 2.18. The number of hydrogen-bond donors (Lipinski definition) is 1. The predicted octanol–water partition coefficient (Wildman–Crippen LogP) is 8.70. The van der Waals surface area contributed by atoms with Crippen molar-refractivity contribution >= 4 is 45.7 Å². The first-order valence-corrected chi connectivity index (χ1v) is 24.1. The number of carbonyl (C=O) groups excluding carboxylic acids is 2. The van der Waals surface area contributed by atoms with Crippen molar-refractivity contribution in [3.63, 3.8) is 0 Å². The maximum Gasteiger partial charge on any atom is 0.223 e. The Hall–Kier alpha value is -1.86. The van der Waals surface area contributed by atoms with Crippen molar-refractivity contribution < 1.29 is 23.2 Å². The monoisotopic (exact) mass is 676 g/mol. The van der Waals surface area contributed by atoms with Crippen molar-refractivity contribution in [2.75, 3.05) is 7.11 Å². The highest BCUT2D eigenvalue weighted by molar-refractivity contribution is 7.09. The van der Waals surface area contributed by atoms with Gasteiger partial charge in [0.1, 0.15) is 5.78 Å². The van der Waals surface area contributed by atoms with Gasteiger partial charge in [-0.05, 0) is 108 Å². The molecule has 5 atom stereocenters. The van der Waals surface area contributed by atoms with Gasteiger partial charge in [-0.25, -0.2) is 4.98 Å². The molecule has 0 radical (unpaired) electrons. The van der Waals surface area contributed by atoms with E-state index in [1.54, 1.807) is 24.7 Å². The Morgan fingerprint density at radius 1 is 1.09 bits per heavy atom. The van der Waals surface area contributed by atoms with Gasteiger partial charge in [-0.1, -0.05) is 33.8 Å². The summed E-state index contributed by atoms with van der Waals surface area (Å²) < 4.78 is 18.7. The molecule has 1 aliphatic rings. The third-order valence-corrected chi connectivity index (χ3v) is 11.1. The van der Waals surface area contributed by atoms with E-state index in [1.807, 2.05) is 46.1 Å². The van der Waals surface area contributed by atoms with Gasteiger partial charge in [0.05, 0.1) is 48.7 Å². The zero-order chi connectivity index (χ0) is 34.2. The zero-order valence-electron chi connectivity index (χ0n) is 30.2. The van der Waals surface area contributed by atoms with Gasteiger partial charge in [-0.3, -0.25) is 9.59 Å². The standard InChI is InChI=1S/C35H60N2O5SSi2/c1-24-15-14-16-28(19-20-40-7)17-18-30(25(2)21-29-23-43-27(4)36-29)37-32(38)22-31(41-44(8,9)10)35(5,6)34(39)26(3)33(24)42-45(11,12)13/h17,19-21,23-24,26,30-31,33H,14-16,18,22H2,1-13H3,(H,37,38)/b20-19?,25-21+,28-17+/t24?,26?,30-,31?,33?/m0/s1. The number of aromatic nitrogens is 1. The van der Waals surface area contributed by atoms with E-state index in [0.29, 0.717) is 6.42 Å². The summed E-state index contributed by atoms with van der Waals surface area (Å²) in [6, 6.07) is -0.239. The minimum absolute atomic E-state index is 0.0934. The minimum Gasteiger partial charge on any atom is -0.504 e. The third-order valence-electron chi connectivity index (χ3n) is 8.32. The molecule has 0 aliphatic carbocycles. The second-order valence-corrected chi connectivity index (χ2v) is 25.2. The van der Waals surface area contributed by atoms with Gasteiger partial charge >= 0.3 is 0 Å². The van der Waals surface area contributed by atoms with Gasteiger partial charge < -0.3 is 18.9 Å². The van der Waals surface area contributed by atoms with Crippen molar-refractivity contribution in [1.82, 2.24) is 10.3 Å². The molecule has 0 saturated carbocycles. The van der Waals surface area contributed by atoms with Crippen LogP contribution in [0.4, 0.5) is 0 Å². The summed E-state index contributed by atoms with van der Waals surface area (Å²) >= 11 is 1.61. The number of ketones is 1. The van der Waals surface area contributed by atoms with Crippen LogP contribution in [0, 0.1) is 24.2 Å². The Labute approximate surface area is 279 Å². The number of aryl methyl sites for hydroxylation is 1. The predicted molar refractivity (Wildman–Crippen MR) is 193 cm³/mol.